The maximum atomic E-state index is 12.4. The second-order valence-corrected chi connectivity index (χ2v) is 7.11. The minimum atomic E-state index is -0.103. The monoisotopic (exact) mass is 328 g/mol. The van der Waals surface area contributed by atoms with E-state index in [1.165, 1.54) is 11.3 Å². The summed E-state index contributed by atoms with van der Waals surface area (Å²) in [5, 5.41) is 2.93. The van der Waals surface area contributed by atoms with Crippen molar-refractivity contribution in [3.63, 3.8) is 0 Å². The molecule has 0 atom stereocenters. The number of aryl methyl sites for hydroxylation is 2. The van der Waals surface area contributed by atoms with Crippen LogP contribution in [0.25, 0.3) is 0 Å². The van der Waals surface area contributed by atoms with Gasteiger partial charge in [-0.2, -0.15) is 0 Å². The summed E-state index contributed by atoms with van der Waals surface area (Å²) in [4.78, 5) is 28.0. The molecular weight excluding hydrogens is 308 g/mol. The maximum absolute atomic E-state index is 12.4. The number of nitrogens with one attached hydrogen (secondary N) is 1. The second-order valence-electron chi connectivity index (χ2n) is 5.86. The third-order valence-electron chi connectivity index (χ3n) is 4.13. The van der Waals surface area contributed by atoms with Gasteiger partial charge < -0.3 is 10.2 Å². The Bertz CT molecular complexity index is 732. The van der Waals surface area contributed by atoms with E-state index >= 15 is 0 Å². The Balaban J connectivity index is 1.77. The van der Waals surface area contributed by atoms with Gasteiger partial charge in [0.25, 0.3) is 5.91 Å². The van der Waals surface area contributed by atoms with E-state index in [9.17, 15) is 9.59 Å². The molecule has 2 aromatic rings. The molecule has 1 N–H and O–H groups in total. The van der Waals surface area contributed by atoms with Gasteiger partial charge in [0.2, 0.25) is 5.91 Å². The van der Waals surface area contributed by atoms with Crippen molar-refractivity contribution in [2.24, 2.45) is 0 Å². The zero-order valence-corrected chi connectivity index (χ0v) is 14.2. The number of amides is 2. The number of anilines is 2. The standard InChI is InChI=1S/C18H20N2O2S/c1-12-10-16(23-13(12)2)18(22)19-14-6-5-7-15(11-14)20-9-4-3-8-17(20)21/h5-7,10-11H,3-4,8-9H2,1-2H3,(H,19,22). The summed E-state index contributed by atoms with van der Waals surface area (Å²) < 4.78 is 0. The molecule has 5 heteroatoms. The van der Waals surface area contributed by atoms with Gasteiger partial charge in [-0.15, -0.1) is 11.3 Å². The molecule has 0 bridgehead atoms. The van der Waals surface area contributed by atoms with Crippen LogP contribution in [0.15, 0.2) is 30.3 Å². The molecule has 0 saturated carbocycles. The maximum Gasteiger partial charge on any atom is 0.265 e. The number of piperidine rings is 1. The van der Waals surface area contributed by atoms with Crippen molar-refractivity contribution >= 4 is 34.5 Å². The van der Waals surface area contributed by atoms with Crippen LogP contribution in [0, 0.1) is 13.8 Å². The molecule has 1 saturated heterocycles. The Morgan fingerprint density at radius 2 is 2.04 bits per heavy atom. The van der Waals surface area contributed by atoms with Crippen molar-refractivity contribution in [1.82, 2.24) is 0 Å². The molecule has 2 heterocycles. The van der Waals surface area contributed by atoms with E-state index < -0.39 is 0 Å². The van der Waals surface area contributed by atoms with Gasteiger partial charge in [-0.3, -0.25) is 9.59 Å². The molecule has 1 fully saturated rings. The van der Waals surface area contributed by atoms with Gasteiger partial charge in [0.05, 0.1) is 4.88 Å². The molecule has 1 aromatic carbocycles. The third-order valence-corrected chi connectivity index (χ3v) is 5.28. The molecule has 4 nitrogen and oxygen atoms in total. The molecular formula is C18H20N2O2S. The lowest BCUT2D eigenvalue weighted by atomic mass is 10.1. The highest BCUT2D eigenvalue weighted by molar-refractivity contribution is 7.14. The summed E-state index contributed by atoms with van der Waals surface area (Å²) in [6, 6.07) is 9.42. The largest absolute Gasteiger partial charge is 0.321 e. The van der Waals surface area contributed by atoms with Crippen LogP contribution in [0.4, 0.5) is 11.4 Å². The molecule has 1 aliphatic heterocycles. The fourth-order valence-corrected chi connectivity index (χ4v) is 3.64. The van der Waals surface area contributed by atoms with E-state index in [-0.39, 0.29) is 11.8 Å². The molecule has 2 amide bonds. The van der Waals surface area contributed by atoms with Crippen LogP contribution in [0.5, 0.6) is 0 Å². The molecule has 1 aliphatic rings. The van der Waals surface area contributed by atoms with E-state index in [1.54, 1.807) is 4.90 Å². The van der Waals surface area contributed by atoms with Crippen molar-refractivity contribution in [1.29, 1.82) is 0 Å². The number of carbonyl (C=O) groups is 2. The molecule has 0 spiro atoms. The van der Waals surface area contributed by atoms with Crippen LogP contribution in [-0.4, -0.2) is 18.4 Å². The molecule has 1 aromatic heterocycles. The van der Waals surface area contributed by atoms with Gasteiger partial charge >= 0.3 is 0 Å². The first-order valence-electron chi connectivity index (χ1n) is 7.83. The second kappa shape index (κ2) is 6.54. The minimum absolute atomic E-state index is 0.103. The Hall–Kier alpha value is -2.14. The number of benzene rings is 1. The van der Waals surface area contributed by atoms with Crippen molar-refractivity contribution in [2.75, 3.05) is 16.8 Å². The van der Waals surface area contributed by atoms with Crippen molar-refractivity contribution in [3.8, 4) is 0 Å². The van der Waals surface area contributed by atoms with Crippen LogP contribution in [-0.2, 0) is 4.79 Å². The third kappa shape index (κ3) is 3.45. The fraction of sp³-hybridized carbons (Fsp3) is 0.333. The zero-order chi connectivity index (χ0) is 16.4. The summed E-state index contributed by atoms with van der Waals surface area (Å²) in [7, 11) is 0. The SMILES string of the molecule is Cc1cc(C(=O)Nc2cccc(N3CCCCC3=O)c2)sc1C. The van der Waals surface area contributed by atoms with E-state index in [2.05, 4.69) is 5.32 Å². The number of nitrogens with zero attached hydrogens (tertiary/aromatic N) is 1. The predicted octanol–water partition coefficient (Wildman–Crippen LogP) is 4.13. The first-order valence-corrected chi connectivity index (χ1v) is 8.65. The highest BCUT2D eigenvalue weighted by atomic mass is 32.1. The topological polar surface area (TPSA) is 49.4 Å². The number of carbonyl (C=O) groups excluding carboxylic acids is 2. The van der Waals surface area contributed by atoms with Gasteiger partial charge in [0, 0.05) is 29.2 Å². The summed E-state index contributed by atoms with van der Waals surface area (Å²) in [5.74, 6) is 0.0533. The van der Waals surface area contributed by atoms with Gasteiger partial charge in [0.1, 0.15) is 0 Å². The molecule has 23 heavy (non-hydrogen) atoms. The molecule has 3 rings (SSSR count). The van der Waals surface area contributed by atoms with Crippen LogP contribution >= 0.6 is 11.3 Å². The predicted molar refractivity (Wildman–Crippen MR) is 94.4 cm³/mol. The average molecular weight is 328 g/mol. The lowest BCUT2D eigenvalue weighted by molar-refractivity contribution is -0.119. The van der Waals surface area contributed by atoms with Crippen LogP contribution in [0.3, 0.4) is 0 Å². The summed E-state index contributed by atoms with van der Waals surface area (Å²) in [6.07, 6.45) is 2.59. The lowest BCUT2D eigenvalue weighted by Crippen LogP contribution is -2.35. The van der Waals surface area contributed by atoms with Crippen molar-refractivity contribution in [3.05, 3.63) is 45.6 Å². The lowest BCUT2D eigenvalue weighted by Gasteiger charge is -2.27. The van der Waals surface area contributed by atoms with E-state index in [4.69, 9.17) is 0 Å². The Labute approximate surface area is 140 Å². The summed E-state index contributed by atoms with van der Waals surface area (Å²) in [6.45, 7) is 4.77. The molecule has 120 valence electrons. The minimum Gasteiger partial charge on any atom is -0.321 e. The molecule has 0 aliphatic carbocycles. The van der Waals surface area contributed by atoms with E-state index in [0.717, 1.165) is 41.2 Å². The van der Waals surface area contributed by atoms with Gasteiger partial charge in [0.15, 0.2) is 0 Å². The Morgan fingerprint density at radius 3 is 2.74 bits per heavy atom. The van der Waals surface area contributed by atoms with E-state index in [1.807, 2.05) is 44.2 Å². The van der Waals surface area contributed by atoms with Crippen LogP contribution < -0.4 is 10.2 Å². The number of hydrogen-bond acceptors (Lipinski definition) is 3. The highest BCUT2D eigenvalue weighted by Crippen LogP contribution is 2.25. The van der Waals surface area contributed by atoms with Gasteiger partial charge in [-0.25, -0.2) is 0 Å². The smallest absolute Gasteiger partial charge is 0.265 e. The Kier molecular flexibility index (Phi) is 4.48. The number of rotatable bonds is 3. The van der Waals surface area contributed by atoms with E-state index in [0.29, 0.717) is 11.3 Å². The van der Waals surface area contributed by atoms with Gasteiger partial charge in [-0.1, -0.05) is 6.07 Å². The van der Waals surface area contributed by atoms with Crippen molar-refractivity contribution < 1.29 is 9.59 Å². The molecule has 0 unspecified atom stereocenters. The molecule has 0 radical (unpaired) electrons. The summed E-state index contributed by atoms with van der Waals surface area (Å²) >= 11 is 1.50. The average Bonchev–Trinajstić information content (AvgIpc) is 2.88. The summed E-state index contributed by atoms with van der Waals surface area (Å²) in [5.41, 5.74) is 2.70. The van der Waals surface area contributed by atoms with Gasteiger partial charge in [-0.05, 0) is 56.5 Å². The number of hydrogen-bond donors (Lipinski definition) is 1. The van der Waals surface area contributed by atoms with Crippen molar-refractivity contribution in [2.45, 2.75) is 33.1 Å². The number of thiophene rings is 1. The highest BCUT2D eigenvalue weighted by Gasteiger charge is 2.20. The zero-order valence-electron chi connectivity index (χ0n) is 13.4. The normalized spacial score (nSPS) is 14.9. The van der Waals surface area contributed by atoms with Crippen LogP contribution in [0.1, 0.15) is 39.4 Å². The fourth-order valence-electron chi connectivity index (χ4n) is 2.71. The first-order chi connectivity index (χ1) is 11.0. The van der Waals surface area contributed by atoms with Crippen LogP contribution in [0.2, 0.25) is 0 Å². The Morgan fingerprint density at radius 1 is 1.22 bits per heavy atom. The first kappa shape index (κ1) is 15.7. The quantitative estimate of drug-likeness (QED) is 0.921.